The Labute approximate surface area is 330 Å². The molecule has 294 valence electrons. The molecule has 0 aromatic heterocycles. The molecule has 0 radical (unpaired) electrons. The molecule has 0 saturated carbocycles. The highest BCUT2D eigenvalue weighted by Gasteiger charge is 2.30. The number of rotatable bonds is 28. The zero-order valence-corrected chi connectivity index (χ0v) is 35.1. The zero-order valence-electron chi connectivity index (χ0n) is 32.1. The number of ketones is 1. The number of esters is 1. The Balaban J connectivity index is 2.02. The molecule has 2 aromatic carbocycles. The highest BCUT2D eigenvalue weighted by atomic mass is 127. The molecule has 0 amide bonds. The molecule has 2 aromatic rings. The van der Waals surface area contributed by atoms with E-state index in [9.17, 15) is 14.2 Å². The quantitative estimate of drug-likeness (QED) is 0.0269. The van der Waals surface area contributed by atoms with Gasteiger partial charge in [-0.2, -0.15) is 0 Å². The van der Waals surface area contributed by atoms with Crippen LogP contribution in [0, 0.1) is 5.92 Å². The van der Waals surface area contributed by atoms with Crippen LogP contribution in [-0.4, -0.2) is 63.7 Å². The van der Waals surface area contributed by atoms with Gasteiger partial charge in [0.1, 0.15) is 23.8 Å². The third kappa shape index (κ3) is 18.9. The van der Waals surface area contributed by atoms with Crippen LogP contribution in [0.3, 0.4) is 0 Å². The molecule has 0 aliphatic rings. The van der Waals surface area contributed by atoms with Gasteiger partial charge in [-0.15, -0.1) is 0 Å². The van der Waals surface area contributed by atoms with Crippen molar-refractivity contribution in [3.63, 3.8) is 0 Å². The molecule has 0 N–H and O–H groups in total. The van der Waals surface area contributed by atoms with Gasteiger partial charge in [0.25, 0.3) is 0 Å². The third-order valence-electron chi connectivity index (χ3n) is 8.41. The van der Waals surface area contributed by atoms with Crippen LogP contribution in [0.15, 0.2) is 83.0 Å². The van der Waals surface area contributed by atoms with Gasteiger partial charge in [-0.3, -0.25) is 14.2 Å². The van der Waals surface area contributed by atoms with E-state index in [1.807, 2.05) is 78.6 Å². The molecule has 0 saturated heterocycles. The van der Waals surface area contributed by atoms with Crippen LogP contribution in [0.4, 0.5) is 0 Å². The molecular weight excluding hydrogens is 810 g/mol. The first-order valence-electron chi connectivity index (χ1n) is 18.3. The summed E-state index contributed by atoms with van der Waals surface area (Å²) in [6.07, 6.45) is 12.0. The monoisotopic (exact) mass is 868 g/mol. The van der Waals surface area contributed by atoms with E-state index in [2.05, 4.69) is 28.7 Å². The third-order valence-corrected chi connectivity index (χ3v) is 10.9. The summed E-state index contributed by atoms with van der Waals surface area (Å²) >= 11 is 2.21. The highest BCUT2D eigenvalue weighted by Crippen LogP contribution is 2.48. The molecule has 0 aliphatic heterocycles. The van der Waals surface area contributed by atoms with Crippen LogP contribution in [0.25, 0.3) is 0 Å². The number of ether oxygens (including phenoxy) is 5. The summed E-state index contributed by atoms with van der Waals surface area (Å²) in [5.41, 5.74) is 2.03. The number of allylic oxidation sites excluding steroid dienone is 3. The minimum absolute atomic E-state index is 0.0109. The van der Waals surface area contributed by atoms with E-state index in [0.717, 1.165) is 29.0 Å². The summed E-state index contributed by atoms with van der Waals surface area (Å²) in [5, 5.41) is 0. The normalized spacial score (nSPS) is 14.4. The summed E-state index contributed by atoms with van der Waals surface area (Å²) in [7, 11) is -0.291. The molecule has 0 unspecified atom stereocenters. The van der Waals surface area contributed by atoms with Crippen molar-refractivity contribution < 1.29 is 46.9 Å². The number of hydrogen-bond acceptors (Lipinski definition) is 10. The molecular formula is C41H58IO10P. The maximum atomic E-state index is 13.4. The fourth-order valence-corrected chi connectivity index (χ4v) is 7.09. The van der Waals surface area contributed by atoms with Gasteiger partial charge in [-0.25, -0.2) is 0 Å². The molecule has 53 heavy (non-hydrogen) atoms. The van der Waals surface area contributed by atoms with Gasteiger partial charge < -0.3 is 32.7 Å². The largest absolute Gasteiger partial charge is 0.497 e. The molecule has 10 nitrogen and oxygen atoms in total. The lowest BCUT2D eigenvalue weighted by atomic mass is 9.94. The SMILES string of the molecule is CCOP(=O)(CC(=O)O[C@@H](CC)CCC[C@H](OCc1ccc(OC)cc1)[C@@H](C)C(=O)/C=C/C=C/C[C@@H](C/C=C/I)OCc1ccc(OC)cc1)OCC. The minimum Gasteiger partial charge on any atom is -0.497 e. The maximum absolute atomic E-state index is 13.4. The number of hydrogen-bond donors (Lipinski definition) is 0. The van der Waals surface area contributed by atoms with Crippen molar-refractivity contribution in [1.82, 2.24) is 0 Å². The van der Waals surface area contributed by atoms with Gasteiger partial charge in [0, 0.05) is 5.92 Å². The molecule has 0 fully saturated rings. The summed E-state index contributed by atoms with van der Waals surface area (Å²) in [6.45, 7) is 8.36. The summed E-state index contributed by atoms with van der Waals surface area (Å²) in [6, 6.07) is 15.5. The predicted octanol–water partition coefficient (Wildman–Crippen LogP) is 9.98. The predicted molar refractivity (Wildman–Crippen MR) is 218 cm³/mol. The van der Waals surface area contributed by atoms with Gasteiger partial charge in [-0.1, -0.05) is 85.0 Å². The Morgan fingerprint density at radius 1 is 0.774 bits per heavy atom. The lowest BCUT2D eigenvalue weighted by Crippen LogP contribution is -2.28. The fraction of sp³-hybridized carbons (Fsp3) is 0.512. The highest BCUT2D eigenvalue weighted by molar-refractivity contribution is 14.1. The first kappa shape index (κ1) is 46.4. The van der Waals surface area contributed by atoms with E-state index in [4.69, 9.17) is 32.7 Å². The van der Waals surface area contributed by atoms with Gasteiger partial charge >= 0.3 is 13.6 Å². The van der Waals surface area contributed by atoms with Crippen molar-refractivity contribution in [3.05, 3.63) is 94.1 Å². The molecule has 0 bridgehead atoms. The standard InChI is InChI=1S/C41H58IO10P/c1-7-35(52-41(44)31-53(45,50-8-2)51-9-3)16-13-19-40(49-30-34-22-26-37(47-6)27-23-34)32(4)39(43)18-12-10-11-15-38(17-14-28-42)48-29-33-20-24-36(46-5)25-21-33/h10-12,14,18,20-28,32,35,38,40H,7-9,13,15-17,19,29-31H2,1-6H3/b11-10+,18-12+,28-14+/t32-,35-,38-,40-/m0/s1. The van der Waals surface area contributed by atoms with Crippen LogP contribution in [-0.2, 0) is 50.6 Å². The summed E-state index contributed by atoms with van der Waals surface area (Å²) in [4.78, 5) is 26.0. The van der Waals surface area contributed by atoms with Gasteiger partial charge in [-0.05, 0) is 97.9 Å². The lowest BCUT2D eigenvalue weighted by Gasteiger charge is -2.24. The molecule has 0 heterocycles. The van der Waals surface area contributed by atoms with Crippen LogP contribution in [0.1, 0.15) is 77.3 Å². The Hall–Kier alpha value is -2.80. The first-order chi connectivity index (χ1) is 25.6. The second-order valence-electron chi connectivity index (χ2n) is 12.3. The molecule has 2 rings (SSSR count). The van der Waals surface area contributed by atoms with E-state index in [1.165, 1.54) is 0 Å². The Morgan fingerprint density at radius 3 is 1.87 bits per heavy atom. The average Bonchev–Trinajstić information content (AvgIpc) is 3.16. The number of benzene rings is 2. The smallest absolute Gasteiger partial charge is 0.341 e. The lowest BCUT2D eigenvalue weighted by molar-refractivity contribution is -0.146. The van der Waals surface area contributed by atoms with E-state index in [0.29, 0.717) is 45.3 Å². The Morgan fingerprint density at radius 2 is 1.34 bits per heavy atom. The van der Waals surface area contributed by atoms with Crippen molar-refractivity contribution in [3.8, 4) is 11.5 Å². The van der Waals surface area contributed by atoms with Crippen LogP contribution < -0.4 is 9.47 Å². The van der Waals surface area contributed by atoms with Crippen LogP contribution in [0.5, 0.6) is 11.5 Å². The second kappa shape index (κ2) is 26.9. The Kier molecular flexibility index (Phi) is 23.5. The topological polar surface area (TPSA) is 116 Å². The molecule has 0 aliphatic carbocycles. The van der Waals surface area contributed by atoms with Crippen molar-refractivity contribution in [2.45, 2.75) is 97.7 Å². The average molecular weight is 869 g/mol. The van der Waals surface area contributed by atoms with Crippen molar-refractivity contribution in [2.24, 2.45) is 5.92 Å². The molecule has 0 spiro atoms. The zero-order chi connectivity index (χ0) is 38.9. The van der Waals surface area contributed by atoms with Crippen molar-refractivity contribution >= 4 is 41.9 Å². The van der Waals surface area contributed by atoms with E-state index in [-0.39, 0.29) is 37.3 Å². The van der Waals surface area contributed by atoms with Gasteiger partial charge in [0.15, 0.2) is 5.78 Å². The number of halogens is 1. The summed E-state index contributed by atoms with van der Waals surface area (Å²) in [5.74, 6) is 0.478. The van der Waals surface area contributed by atoms with Gasteiger partial charge in [0.2, 0.25) is 0 Å². The van der Waals surface area contributed by atoms with Crippen molar-refractivity contribution in [2.75, 3.05) is 33.6 Å². The maximum Gasteiger partial charge on any atom is 0.341 e. The Bertz CT molecular complexity index is 1450. The number of carbonyl (C=O) groups excluding carboxylic acids is 2. The van der Waals surface area contributed by atoms with E-state index >= 15 is 0 Å². The molecule has 12 heteroatoms. The van der Waals surface area contributed by atoms with Gasteiger partial charge in [0.05, 0.1) is 52.9 Å². The van der Waals surface area contributed by atoms with Crippen LogP contribution in [0.2, 0.25) is 0 Å². The van der Waals surface area contributed by atoms with Crippen LogP contribution >= 0.6 is 30.2 Å². The number of carbonyl (C=O) groups is 2. The second-order valence-corrected chi connectivity index (χ2v) is 15.1. The minimum atomic E-state index is -3.56. The number of methoxy groups -OCH3 is 2. The fourth-order valence-electron chi connectivity index (χ4n) is 5.36. The first-order valence-corrected chi connectivity index (χ1v) is 21.3. The van der Waals surface area contributed by atoms with E-state index in [1.54, 1.807) is 40.2 Å². The van der Waals surface area contributed by atoms with E-state index < -0.39 is 25.6 Å². The van der Waals surface area contributed by atoms with Crippen molar-refractivity contribution in [1.29, 1.82) is 0 Å². The summed E-state index contributed by atoms with van der Waals surface area (Å²) < 4.78 is 54.0. The molecule has 4 atom stereocenters.